The highest BCUT2D eigenvalue weighted by molar-refractivity contribution is 6.06. The van der Waals surface area contributed by atoms with Crippen LogP contribution in [0.15, 0.2) is 49.1 Å². The van der Waals surface area contributed by atoms with E-state index in [1.54, 1.807) is 0 Å². The van der Waals surface area contributed by atoms with Crippen LogP contribution in [0, 0.1) is 11.6 Å². The van der Waals surface area contributed by atoms with E-state index in [2.05, 4.69) is 22.5 Å². The van der Waals surface area contributed by atoms with Crippen LogP contribution in [0.1, 0.15) is 17.9 Å². The first kappa shape index (κ1) is 18.2. The molecule has 0 saturated carbocycles. The van der Waals surface area contributed by atoms with Crippen LogP contribution >= 0.6 is 0 Å². The van der Waals surface area contributed by atoms with Crippen molar-refractivity contribution >= 4 is 34.8 Å². The van der Waals surface area contributed by atoms with Crippen molar-refractivity contribution in [2.24, 2.45) is 0 Å². The van der Waals surface area contributed by atoms with Crippen molar-refractivity contribution in [1.82, 2.24) is 0 Å². The van der Waals surface area contributed by atoms with Crippen molar-refractivity contribution in [3.05, 3.63) is 66.3 Å². The number of anilines is 3. The minimum absolute atomic E-state index is 0.122. The number of fused-ring (bicyclic) bond motifs is 1. The summed E-state index contributed by atoms with van der Waals surface area (Å²) in [5, 5.41) is 7.42. The van der Waals surface area contributed by atoms with Gasteiger partial charge in [0.05, 0.1) is 11.6 Å². The van der Waals surface area contributed by atoms with Crippen LogP contribution in [0.5, 0.6) is 0 Å². The van der Waals surface area contributed by atoms with Gasteiger partial charge in [0.2, 0.25) is 17.7 Å². The molecule has 8 heteroatoms. The van der Waals surface area contributed by atoms with E-state index in [-0.39, 0.29) is 17.8 Å². The molecule has 1 aliphatic heterocycles. The molecule has 27 heavy (non-hydrogen) atoms. The van der Waals surface area contributed by atoms with Crippen molar-refractivity contribution in [3.8, 4) is 0 Å². The van der Waals surface area contributed by atoms with E-state index in [4.69, 9.17) is 0 Å². The number of carbonyl (C=O) groups excluding carboxylic acids is 3. The lowest BCUT2D eigenvalue weighted by molar-refractivity contribution is -0.122. The van der Waals surface area contributed by atoms with Gasteiger partial charge in [-0.3, -0.25) is 14.4 Å². The average molecular weight is 371 g/mol. The maximum atomic E-state index is 13.7. The summed E-state index contributed by atoms with van der Waals surface area (Å²) in [5.74, 6) is -3.52. The zero-order valence-corrected chi connectivity index (χ0v) is 14.0. The highest BCUT2D eigenvalue weighted by Crippen LogP contribution is 2.35. The van der Waals surface area contributed by atoms with E-state index in [0.29, 0.717) is 11.3 Å². The molecule has 0 aromatic heterocycles. The standard InChI is InChI=1S/C19H15F2N3O3/c1-2-17(25)23-16-8-11(4-5-14(16)21)22-18(26)9-13-12-7-10(20)3-6-15(12)24-19(13)27/h2-8,13H,1,9H2,(H,22,26)(H,23,25)(H,24,27). The minimum atomic E-state index is -0.823. The molecule has 0 radical (unpaired) electrons. The van der Waals surface area contributed by atoms with E-state index < -0.39 is 35.3 Å². The highest BCUT2D eigenvalue weighted by atomic mass is 19.1. The summed E-state index contributed by atoms with van der Waals surface area (Å²) >= 11 is 0. The number of amides is 3. The van der Waals surface area contributed by atoms with Gasteiger partial charge in [0.1, 0.15) is 11.6 Å². The third-order valence-electron chi connectivity index (χ3n) is 4.05. The summed E-state index contributed by atoms with van der Waals surface area (Å²) in [6.45, 7) is 3.28. The third-order valence-corrected chi connectivity index (χ3v) is 4.05. The Bertz CT molecular complexity index is 959. The monoisotopic (exact) mass is 371 g/mol. The summed E-state index contributed by atoms with van der Waals surface area (Å²) < 4.78 is 27.2. The Morgan fingerprint density at radius 3 is 2.67 bits per heavy atom. The summed E-state index contributed by atoms with van der Waals surface area (Å²) in [5.41, 5.74) is 0.992. The van der Waals surface area contributed by atoms with Crippen molar-refractivity contribution in [2.75, 3.05) is 16.0 Å². The maximum absolute atomic E-state index is 13.7. The van der Waals surface area contributed by atoms with Crippen LogP contribution in [0.3, 0.4) is 0 Å². The largest absolute Gasteiger partial charge is 0.326 e. The molecule has 1 atom stereocenters. The second kappa shape index (κ2) is 7.36. The first-order valence-corrected chi connectivity index (χ1v) is 8.00. The Labute approximate surface area is 153 Å². The van der Waals surface area contributed by atoms with Crippen LogP contribution in [0.4, 0.5) is 25.8 Å². The molecule has 0 bridgehead atoms. The lowest BCUT2D eigenvalue weighted by Gasteiger charge is -2.11. The van der Waals surface area contributed by atoms with Gasteiger partial charge in [0.25, 0.3) is 0 Å². The van der Waals surface area contributed by atoms with Gasteiger partial charge in [-0.15, -0.1) is 0 Å². The molecule has 2 aromatic carbocycles. The molecule has 2 aromatic rings. The van der Waals surface area contributed by atoms with Crippen molar-refractivity contribution in [3.63, 3.8) is 0 Å². The molecule has 0 spiro atoms. The topological polar surface area (TPSA) is 87.3 Å². The number of rotatable bonds is 5. The fourth-order valence-electron chi connectivity index (χ4n) is 2.78. The smallest absolute Gasteiger partial charge is 0.247 e. The van der Waals surface area contributed by atoms with Crippen LogP contribution in [0.25, 0.3) is 0 Å². The molecule has 1 heterocycles. The van der Waals surface area contributed by atoms with Gasteiger partial charge in [-0.05, 0) is 48.0 Å². The SMILES string of the molecule is C=CC(=O)Nc1cc(NC(=O)CC2C(=O)Nc3ccc(F)cc32)ccc1F. The van der Waals surface area contributed by atoms with Crippen LogP contribution in [-0.2, 0) is 14.4 Å². The van der Waals surface area contributed by atoms with Gasteiger partial charge in [-0.1, -0.05) is 6.58 Å². The summed E-state index contributed by atoms with van der Waals surface area (Å²) in [7, 11) is 0. The van der Waals surface area contributed by atoms with E-state index in [1.807, 2.05) is 0 Å². The molecule has 0 saturated heterocycles. The predicted molar refractivity (Wildman–Crippen MR) is 96.2 cm³/mol. The molecule has 3 N–H and O–H groups in total. The van der Waals surface area contributed by atoms with Gasteiger partial charge in [-0.25, -0.2) is 8.78 Å². The summed E-state index contributed by atoms with van der Waals surface area (Å²) in [6.07, 6.45) is 0.772. The zero-order valence-electron chi connectivity index (χ0n) is 14.0. The maximum Gasteiger partial charge on any atom is 0.247 e. The number of benzene rings is 2. The van der Waals surface area contributed by atoms with Crippen LogP contribution in [0.2, 0.25) is 0 Å². The fraction of sp³-hybridized carbons (Fsp3) is 0.105. The number of nitrogens with one attached hydrogen (secondary N) is 3. The average Bonchev–Trinajstić information content (AvgIpc) is 2.92. The molecule has 3 amide bonds. The van der Waals surface area contributed by atoms with Crippen molar-refractivity contribution < 1.29 is 23.2 Å². The van der Waals surface area contributed by atoms with E-state index in [9.17, 15) is 23.2 Å². The van der Waals surface area contributed by atoms with Crippen molar-refractivity contribution in [2.45, 2.75) is 12.3 Å². The normalized spacial score (nSPS) is 14.9. The lowest BCUT2D eigenvalue weighted by Crippen LogP contribution is -2.20. The van der Waals surface area contributed by atoms with E-state index in [0.717, 1.165) is 12.1 Å². The predicted octanol–water partition coefficient (Wildman–Crippen LogP) is 3.15. The van der Waals surface area contributed by atoms with Gasteiger partial charge in [0.15, 0.2) is 0 Å². The van der Waals surface area contributed by atoms with E-state index in [1.165, 1.54) is 30.3 Å². The van der Waals surface area contributed by atoms with E-state index >= 15 is 0 Å². The summed E-state index contributed by atoms with van der Waals surface area (Å²) in [6, 6.07) is 7.53. The Morgan fingerprint density at radius 1 is 1.15 bits per heavy atom. The number of carbonyl (C=O) groups is 3. The molecule has 0 aliphatic carbocycles. The molecule has 0 fully saturated rings. The third kappa shape index (κ3) is 4.00. The number of hydrogen-bond acceptors (Lipinski definition) is 3. The molecule has 3 rings (SSSR count). The fourth-order valence-corrected chi connectivity index (χ4v) is 2.78. The number of halogens is 2. The van der Waals surface area contributed by atoms with Crippen LogP contribution < -0.4 is 16.0 Å². The number of hydrogen-bond donors (Lipinski definition) is 3. The molecule has 1 aliphatic rings. The molecular formula is C19H15F2N3O3. The summed E-state index contributed by atoms with van der Waals surface area (Å²) in [4.78, 5) is 35.7. The highest BCUT2D eigenvalue weighted by Gasteiger charge is 2.32. The first-order chi connectivity index (χ1) is 12.9. The minimum Gasteiger partial charge on any atom is -0.326 e. The van der Waals surface area contributed by atoms with Gasteiger partial charge >= 0.3 is 0 Å². The Morgan fingerprint density at radius 2 is 1.93 bits per heavy atom. The first-order valence-electron chi connectivity index (χ1n) is 8.00. The quantitative estimate of drug-likeness (QED) is 0.706. The van der Waals surface area contributed by atoms with Gasteiger partial charge in [-0.2, -0.15) is 0 Å². The molecule has 138 valence electrons. The molecular weight excluding hydrogens is 356 g/mol. The Hall–Kier alpha value is -3.55. The van der Waals surface area contributed by atoms with Gasteiger partial charge < -0.3 is 16.0 Å². The Balaban J connectivity index is 1.73. The zero-order chi connectivity index (χ0) is 19.6. The van der Waals surface area contributed by atoms with Crippen molar-refractivity contribution in [1.29, 1.82) is 0 Å². The van der Waals surface area contributed by atoms with Crippen LogP contribution in [-0.4, -0.2) is 17.7 Å². The Kier molecular flexibility index (Phi) is 4.98. The lowest BCUT2D eigenvalue weighted by atomic mass is 9.96. The van der Waals surface area contributed by atoms with Gasteiger partial charge in [0, 0.05) is 17.8 Å². The molecule has 6 nitrogen and oxygen atoms in total. The molecule has 1 unspecified atom stereocenters. The second-order valence-corrected chi connectivity index (χ2v) is 5.91. The second-order valence-electron chi connectivity index (χ2n) is 5.91.